The van der Waals surface area contributed by atoms with E-state index in [0.717, 1.165) is 73.9 Å². The molecular weight excluding hydrogens is 764 g/mol. The zero-order valence-corrected chi connectivity index (χ0v) is 29.6. The van der Waals surface area contributed by atoms with Crippen molar-refractivity contribution in [3.63, 3.8) is 0 Å². The Hall–Kier alpha value is -5.41. The van der Waals surface area contributed by atoms with Crippen LogP contribution in [0.1, 0.15) is 58.3 Å². The summed E-state index contributed by atoms with van der Waals surface area (Å²) in [5, 5.41) is 2.56. The van der Waals surface area contributed by atoms with E-state index in [1.165, 1.54) is 12.1 Å². The summed E-state index contributed by atoms with van der Waals surface area (Å²) < 4.78 is 155. The molecule has 0 heterocycles. The number of amides is 1. The average Bonchev–Trinajstić information content (AvgIpc) is 3.12. The average molecular weight is 800 g/mol. The van der Waals surface area contributed by atoms with Gasteiger partial charge in [-0.25, -0.2) is 4.39 Å². The van der Waals surface area contributed by atoms with E-state index in [1.807, 2.05) is 0 Å². The van der Waals surface area contributed by atoms with Gasteiger partial charge in [0, 0.05) is 17.9 Å². The minimum atomic E-state index is -5.22. The van der Waals surface area contributed by atoms with E-state index in [1.54, 1.807) is 31.4 Å². The van der Waals surface area contributed by atoms with Crippen LogP contribution >= 0.6 is 0 Å². The number of allylic oxidation sites excluding steroid dienone is 1. The Morgan fingerprint density at radius 3 is 1.79 bits per heavy atom. The molecule has 4 aromatic rings. The number of alkyl halides is 9. The molecule has 1 saturated carbocycles. The first-order chi connectivity index (χ1) is 26.2. The van der Waals surface area contributed by atoms with E-state index >= 15 is 0 Å². The van der Waals surface area contributed by atoms with Gasteiger partial charge in [-0.1, -0.05) is 43.0 Å². The van der Waals surface area contributed by atoms with Crippen molar-refractivity contribution in [3.05, 3.63) is 137 Å². The van der Waals surface area contributed by atoms with Crippen molar-refractivity contribution >= 4 is 5.91 Å². The second-order valence-electron chi connectivity index (χ2n) is 13.2. The van der Waals surface area contributed by atoms with Crippen molar-refractivity contribution in [2.75, 3.05) is 13.7 Å². The van der Waals surface area contributed by atoms with Crippen LogP contribution in [0.4, 0.5) is 43.9 Å². The maximum Gasteiger partial charge on any atom is 0.573 e. The van der Waals surface area contributed by atoms with E-state index in [0.29, 0.717) is 24.0 Å². The van der Waals surface area contributed by atoms with Gasteiger partial charge in [0.15, 0.2) is 0 Å². The second-order valence-corrected chi connectivity index (χ2v) is 13.2. The van der Waals surface area contributed by atoms with Gasteiger partial charge >= 0.3 is 18.9 Å². The molecule has 6 nitrogen and oxygen atoms in total. The molecule has 300 valence electrons. The molecular formula is C40H35F10NO5. The lowest BCUT2D eigenvalue weighted by atomic mass is 9.77. The van der Waals surface area contributed by atoms with Crippen LogP contribution in [-0.2, 0) is 22.9 Å². The first-order valence-electron chi connectivity index (χ1n) is 17.1. The quantitative estimate of drug-likeness (QED) is 0.108. The van der Waals surface area contributed by atoms with Gasteiger partial charge in [-0.2, -0.15) is 13.2 Å². The number of hydrogen-bond donors (Lipinski definition) is 1. The first kappa shape index (κ1) is 41.7. The number of nitrogens with one attached hydrogen (secondary N) is 1. The summed E-state index contributed by atoms with van der Waals surface area (Å²) in [6, 6.07) is 16.1. The lowest BCUT2D eigenvalue weighted by molar-refractivity contribution is -0.275. The Bertz CT molecular complexity index is 1930. The molecule has 0 spiro atoms. The standard InChI is InChI=1S/C40H35F10NO5/c1-24(53-2)27-13-9-26(10-14-27)23-54-31-16-11-25(12-17-31)22-37(29-5-3-7-32(20-29)55-39(45,46)47,30-6-4-8-33(21-30)56-40(48,49)50)51-36(52)28-15-18-35(41)34(19-28)38(42,43)44/h3-8,11-12,15-21,26-27H,1,9-10,13-14,22-23H2,2H3,(H,51,52)/t26-,27-. The van der Waals surface area contributed by atoms with Gasteiger partial charge in [-0.05, 0) is 103 Å². The molecule has 0 radical (unpaired) electrons. The van der Waals surface area contributed by atoms with E-state index in [2.05, 4.69) is 21.4 Å². The fourth-order valence-corrected chi connectivity index (χ4v) is 6.67. The topological polar surface area (TPSA) is 66.0 Å². The Kier molecular flexibility index (Phi) is 12.5. The van der Waals surface area contributed by atoms with Gasteiger partial charge in [0.05, 0.1) is 30.6 Å². The van der Waals surface area contributed by atoms with Crippen molar-refractivity contribution in [3.8, 4) is 17.2 Å². The number of methoxy groups -OCH3 is 1. The summed E-state index contributed by atoms with van der Waals surface area (Å²) in [5.41, 5.74) is -4.62. The summed E-state index contributed by atoms with van der Waals surface area (Å²) in [5.74, 6) is -2.82. The van der Waals surface area contributed by atoms with Crippen molar-refractivity contribution in [2.45, 2.75) is 56.5 Å². The van der Waals surface area contributed by atoms with E-state index in [-0.39, 0.29) is 29.0 Å². The monoisotopic (exact) mass is 799 g/mol. The molecule has 0 saturated heterocycles. The third-order valence-corrected chi connectivity index (χ3v) is 9.42. The summed E-state index contributed by atoms with van der Waals surface area (Å²) in [6.07, 6.45) is -12.5. The first-order valence-corrected chi connectivity index (χ1v) is 17.1. The fourth-order valence-electron chi connectivity index (χ4n) is 6.67. The van der Waals surface area contributed by atoms with Gasteiger partial charge in [-0.3, -0.25) is 4.79 Å². The molecule has 1 aliphatic carbocycles. The molecule has 0 bridgehead atoms. The van der Waals surface area contributed by atoms with Gasteiger partial charge in [0.2, 0.25) is 0 Å². The lowest BCUT2D eigenvalue weighted by Crippen LogP contribution is -2.48. The highest BCUT2D eigenvalue weighted by molar-refractivity contribution is 5.95. The van der Waals surface area contributed by atoms with Gasteiger partial charge in [0.25, 0.3) is 5.91 Å². The van der Waals surface area contributed by atoms with Crippen LogP contribution in [0.2, 0.25) is 0 Å². The van der Waals surface area contributed by atoms with Crippen LogP contribution in [0, 0.1) is 17.7 Å². The molecule has 1 fully saturated rings. The number of ether oxygens (including phenoxy) is 4. The van der Waals surface area contributed by atoms with Crippen molar-refractivity contribution in [2.24, 2.45) is 11.8 Å². The number of halogens is 10. The van der Waals surface area contributed by atoms with Crippen LogP contribution in [0.5, 0.6) is 17.2 Å². The summed E-state index contributed by atoms with van der Waals surface area (Å²) in [7, 11) is 1.58. The normalized spacial score (nSPS) is 16.5. The second kappa shape index (κ2) is 16.8. The van der Waals surface area contributed by atoms with Gasteiger partial charge in [0.1, 0.15) is 23.1 Å². The number of hydrogen-bond acceptors (Lipinski definition) is 5. The molecule has 1 N–H and O–H groups in total. The van der Waals surface area contributed by atoms with Crippen LogP contribution in [0.25, 0.3) is 0 Å². The molecule has 16 heteroatoms. The third-order valence-electron chi connectivity index (χ3n) is 9.42. The zero-order chi connectivity index (χ0) is 40.9. The van der Waals surface area contributed by atoms with Gasteiger partial charge < -0.3 is 24.3 Å². The molecule has 56 heavy (non-hydrogen) atoms. The molecule has 0 atom stereocenters. The maximum absolute atomic E-state index is 14.2. The molecule has 0 aliphatic heterocycles. The number of carbonyl (C=O) groups is 1. The van der Waals surface area contributed by atoms with Gasteiger partial charge in [-0.15, -0.1) is 26.3 Å². The maximum atomic E-state index is 14.2. The Labute approximate surface area is 315 Å². The van der Waals surface area contributed by atoms with E-state index < -0.39 is 65.2 Å². The Balaban J connectivity index is 1.56. The molecule has 1 amide bonds. The predicted molar refractivity (Wildman–Crippen MR) is 183 cm³/mol. The van der Waals surface area contributed by atoms with E-state index in [4.69, 9.17) is 9.47 Å². The highest BCUT2D eigenvalue weighted by atomic mass is 19.4. The number of rotatable bonds is 13. The molecule has 0 unspecified atom stereocenters. The molecule has 0 aromatic heterocycles. The van der Waals surface area contributed by atoms with Crippen LogP contribution in [0.3, 0.4) is 0 Å². The Morgan fingerprint density at radius 2 is 1.29 bits per heavy atom. The highest BCUT2D eigenvalue weighted by Crippen LogP contribution is 2.40. The summed E-state index contributed by atoms with van der Waals surface area (Å²) >= 11 is 0. The molecule has 1 aliphatic rings. The zero-order valence-electron chi connectivity index (χ0n) is 29.6. The largest absolute Gasteiger partial charge is 0.573 e. The number of benzene rings is 4. The third kappa shape index (κ3) is 10.9. The van der Waals surface area contributed by atoms with Crippen molar-refractivity contribution < 1.29 is 67.6 Å². The number of carbonyl (C=O) groups excluding carboxylic acids is 1. The summed E-state index contributed by atoms with van der Waals surface area (Å²) in [4.78, 5) is 13.9. The van der Waals surface area contributed by atoms with Crippen LogP contribution in [-0.4, -0.2) is 32.3 Å². The Morgan fingerprint density at radius 1 is 0.732 bits per heavy atom. The smallest absolute Gasteiger partial charge is 0.501 e. The summed E-state index contributed by atoms with van der Waals surface area (Å²) in [6.45, 7) is 4.33. The van der Waals surface area contributed by atoms with Crippen molar-refractivity contribution in [1.82, 2.24) is 5.32 Å². The van der Waals surface area contributed by atoms with Crippen LogP contribution in [0.15, 0.2) is 103 Å². The fraction of sp³-hybridized carbons (Fsp3) is 0.325. The minimum absolute atomic E-state index is 0.179. The molecule has 5 rings (SSSR count). The minimum Gasteiger partial charge on any atom is -0.501 e. The van der Waals surface area contributed by atoms with Crippen molar-refractivity contribution in [1.29, 1.82) is 0 Å². The molecule has 4 aromatic carbocycles. The SMILES string of the molecule is C=C(OC)[C@H]1CC[C@H](COc2ccc(CC(NC(=O)c3ccc(F)c(C(F)(F)F)c3)(c3cccc(OC(F)(F)F)c3)c3cccc(OC(F)(F)F)c3)cc2)CC1. The lowest BCUT2D eigenvalue weighted by Gasteiger charge is -2.37. The van der Waals surface area contributed by atoms with Crippen LogP contribution < -0.4 is 19.5 Å². The highest BCUT2D eigenvalue weighted by Gasteiger charge is 2.41. The predicted octanol–water partition coefficient (Wildman–Crippen LogP) is 10.9. The van der Waals surface area contributed by atoms with E-state index in [9.17, 15) is 48.7 Å².